The van der Waals surface area contributed by atoms with E-state index in [0.717, 1.165) is 44.8 Å². The molecule has 2 aromatic rings. The lowest BCUT2D eigenvalue weighted by Crippen LogP contribution is -2.33. The predicted molar refractivity (Wildman–Crippen MR) is 96.1 cm³/mol. The quantitative estimate of drug-likeness (QED) is 0.927. The molecule has 0 aliphatic carbocycles. The molecule has 2 aliphatic rings. The summed E-state index contributed by atoms with van der Waals surface area (Å²) in [6.45, 7) is 3.89. The van der Waals surface area contributed by atoms with Crippen molar-refractivity contribution in [3.63, 3.8) is 0 Å². The number of benzene rings is 1. The van der Waals surface area contributed by atoms with Gasteiger partial charge in [0.05, 0.1) is 29.9 Å². The first kappa shape index (κ1) is 15.6. The number of ether oxygens (including phenoxy) is 1. The number of nitrogens with one attached hydrogen (secondary N) is 1. The van der Waals surface area contributed by atoms with Gasteiger partial charge in [-0.3, -0.25) is 4.90 Å². The summed E-state index contributed by atoms with van der Waals surface area (Å²) in [6, 6.07) is 14.5. The molecule has 2 aliphatic heterocycles. The van der Waals surface area contributed by atoms with E-state index in [2.05, 4.69) is 33.8 Å². The van der Waals surface area contributed by atoms with Crippen LogP contribution in [0.5, 0.6) is 0 Å². The molecule has 3 heterocycles. The molecule has 0 amide bonds. The van der Waals surface area contributed by atoms with Gasteiger partial charge >= 0.3 is 0 Å². The molecule has 2 atom stereocenters. The number of likely N-dealkylation sites (tertiary alicyclic amines) is 1. The first-order chi connectivity index (χ1) is 11.7. The fourth-order valence-electron chi connectivity index (χ4n) is 3.82. The topological polar surface area (TPSA) is 48.3 Å². The van der Waals surface area contributed by atoms with Crippen LogP contribution in [0.1, 0.15) is 23.3 Å². The highest BCUT2D eigenvalue weighted by atomic mass is 32.1. The minimum absolute atomic E-state index is 0.00175. The minimum Gasteiger partial charge on any atom is -0.380 e. The highest BCUT2D eigenvalue weighted by Crippen LogP contribution is 2.37. The molecule has 2 fully saturated rings. The summed E-state index contributed by atoms with van der Waals surface area (Å²) in [5.74, 6) is 0. The Balaban J connectivity index is 1.35. The maximum atomic E-state index is 9.02. The second kappa shape index (κ2) is 6.56. The summed E-state index contributed by atoms with van der Waals surface area (Å²) in [7, 11) is 0. The molecule has 0 unspecified atom stereocenters. The van der Waals surface area contributed by atoms with Crippen molar-refractivity contribution in [2.75, 3.05) is 25.0 Å². The Morgan fingerprint density at radius 3 is 3.17 bits per heavy atom. The molecule has 0 bridgehead atoms. The van der Waals surface area contributed by atoms with E-state index in [1.54, 1.807) is 0 Å². The van der Waals surface area contributed by atoms with E-state index in [4.69, 9.17) is 10.00 Å². The van der Waals surface area contributed by atoms with E-state index in [-0.39, 0.29) is 5.60 Å². The van der Waals surface area contributed by atoms with E-state index in [9.17, 15) is 0 Å². The summed E-state index contributed by atoms with van der Waals surface area (Å²) in [4.78, 5) is 3.93. The molecule has 2 saturated heterocycles. The van der Waals surface area contributed by atoms with E-state index < -0.39 is 0 Å². The normalized spacial score (nSPS) is 26.7. The third-order valence-electron chi connectivity index (χ3n) is 4.93. The van der Waals surface area contributed by atoms with E-state index >= 15 is 0 Å². The Hall–Kier alpha value is -1.87. The number of rotatable bonds is 4. The van der Waals surface area contributed by atoms with Crippen molar-refractivity contribution in [1.82, 2.24) is 4.90 Å². The minimum atomic E-state index is 0.00175. The second-order valence-electron chi connectivity index (χ2n) is 6.77. The Morgan fingerprint density at radius 1 is 1.38 bits per heavy atom. The monoisotopic (exact) mass is 339 g/mol. The smallest absolute Gasteiger partial charge is 0.0992 e. The van der Waals surface area contributed by atoms with Crippen molar-refractivity contribution in [1.29, 1.82) is 5.26 Å². The zero-order valence-corrected chi connectivity index (χ0v) is 14.4. The number of thiophene rings is 1. The number of nitriles is 1. The number of nitrogens with zero attached hydrogens (tertiary/aromatic N) is 2. The molecular weight excluding hydrogens is 318 g/mol. The van der Waals surface area contributed by atoms with E-state index in [1.165, 1.54) is 4.88 Å². The van der Waals surface area contributed by atoms with Gasteiger partial charge in [-0.25, -0.2) is 0 Å². The van der Waals surface area contributed by atoms with Crippen molar-refractivity contribution in [3.8, 4) is 6.07 Å². The van der Waals surface area contributed by atoms with Gasteiger partial charge in [0.1, 0.15) is 0 Å². The van der Waals surface area contributed by atoms with Gasteiger partial charge in [-0.05, 0) is 36.1 Å². The van der Waals surface area contributed by atoms with Crippen LogP contribution in [0.15, 0.2) is 41.8 Å². The highest BCUT2D eigenvalue weighted by Gasteiger charge is 2.45. The molecule has 4 rings (SSSR count). The van der Waals surface area contributed by atoms with Gasteiger partial charge in [-0.2, -0.15) is 5.26 Å². The molecule has 0 radical (unpaired) electrons. The molecule has 4 nitrogen and oxygen atoms in total. The van der Waals surface area contributed by atoms with Crippen LogP contribution in [-0.4, -0.2) is 36.2 Å². The third kappa shape index (κ3) is 3.32. The van der Waals surface area contributed by atoms with Gasteiger partial charge < -0.3 is 10.1 Å². The lowest BCUT2D eigenvalue weighted by atomic mass is 9.97. The van der Waals surface area contributed by atoms with E-state index in [0.29, 0.717) is 11.6 Å². The standard InChI is InChI=1S/C19H21N3OS/c20-11-15-3-1-4-16(9-15)21-17-10-19(23-13-17)6-7-22(14-19)12-18-5-2-8-24-18/h1-5,8-9,17,21H,6-7,10,12-14H2/t17-,19-/m1/s1. The molecule has 24 heavy (non-hydrogen) atoms. The van der Waals surface area contributed by atoms with Crippen molar-refractivity contribution >= 4 is 17.0 Å². The van der Waals surface area contributed by atoms with Gasteiger partial charge in [-0.15, -0.1) is 11.3 Å². The fraction of sp³-hybridized carbons (Fsp3) is 0.421. The molecule has 1 N–H and O–H groups in total. The summed E-state index contributed by atoms with van der Waals surface area (Å²) < 4.78 is 6.23. The van der Waals surface area contributed by atoms with Crippen molar-refractivity contribution in [2.24, 2.45) is 0 Å². The van der Waals surface area contributed by atoms with Crippen LogP contribution in [0.25, 0.3) is 0 Å². The van der Waals surface area contributed by atoms with Crippen LogP contribution < -0.4 is 5.32 Å². The van der Waals surface area contributed by atoms with Crippen LogP contribution in [0.4, 0.5) is 5.69 Å². The summed E-state index contributed by atoms with van der Waals surface area (Å²) >= 11 is 1.83. The first-order valence-corrected chi connectivity index (χ1v) is 9.28. The van der Waals surface area contributed by atoms with Crippen LogP contribution in [0.2, 0.25) is 0 Å². The number of hydrogen-bond donors (Lipinski definition) is 1. The van der Waals surface area contributed by atoms with Gasteiger partial charge in [0.15, 0.2) is 0 Å². The summed E-state index contributed by atoms with van der Waals surface area (Å²) in [5, 5.41) is 14.7. The molecule has 5 heteroatoms. The SMILES string of the molecule is N#Cc1cccc(N[C@H]2CO[C@]3(CCN(Cc4cccs4)C3)C2)c1. The predicted octanol–water partition coefficient (Wildman–Crippen LogP) is 3.47. The van der Waals surface area contributed by atoms with Crippen LogP contribution in [0, 0.1) is 11.3 Å². The third-order valence-corrected chi connectivity index (χ3v) is 5.79. The molecule has 1 spiro atoms. The van der Waals surface area contributed by atoms with Crippen LogP contribution in [0.3, 0.4) is 0 Å². The maximum absolute atomic E-state index is 9.02. The van der Waals surface area contributed by atoms with Gasteiger partial charge in [-0.1, -0.05) is 12.1 Å². The average Bonchev–Trinajstić information content (AvgIpc) is 3.32. The Morgan fingerprint density at radius 2 is 2.33 bits per heavy atom. The Kier molecular flexibility index (Phi) is 4.28. The summed E-state index contributed by atoms with van der Waals surface area (Å²) in [5.41, 5.74) is 1.70. The Bertz CT molecular complexity index is 739. The van der Waals surface area contributed by atoms with Gasteiger partial charge in [0, 0.05) is 36.6 Å². The lowest BCUT2D eigenvalue weighted by Gasteiger charge is -2.23. The second-order valence-corrected chi connectivity index (χ2v) is 7.80. The van der Waals surface area contributed by atoms with Crippen molar-refractivity contribution in [2.45, 2.75) is 31.0 Å². The number of anilines is 1. The maximum Gasteiger partial charge on any atom is 0.0992 e. The van der Waals surface area contributed by atoms with E-state index in [1.807, 2.05) is 35.6 Å². The molecule has 1 aromatic carbocycles. The van der Waals surface area contributed by atoms with Crippen LogP contribution >= 0.6 is 11.3 Å². The molecule has 1 aromatic heterocycles. The molecular formula is C19H21N3OS. The molecule has 0 saturated carbocycles. The number of hydrogen-bond acceptors (Lipinski definition) is 5. The fourth-order valence-corrected chi connectivity index (χ4v) is 4.57. The van der Waals surface area contributed by atoms with Gasteiger partial charge in [0.25, 0.3) is 0 Å². The lowest BCUT2D eigenvalue weighted by molar-refractivity contribution is 0.0120. The zero-order valence-electron chi connectivity index (χ0n) is 13.6. The van der Waals surface area contributed by atoms with Gasteiger partial charge in [0.2, 0.25) is 0 Å². The first-order valence-electron chi connectivity index (χ1n) is 8.40. The molecule has 124 valence electrons. The van der Waals surface area contributed by atoms with Crippen LogP contribution in [-0.2, 0) is 11.3 Å². The largest absolute Gasteiger partial charge is 0.380 e. The average molecular weight is 339 g/mol. The zero-order chi connectivity index (χ0) is 16.4. The highest BCUT2D eigenvalue weighted by molar-refractivity contribution is 7.09. The summed E-state index contributed by atoms with van der Waals surface area (Å²) in [6.07, 6.45) is 2.14. The van der Waals surface area contributed by atoms with Crippen molar-refractivity contribution in [3.05, 3.63) is 52.2 Å². The Labute approximate surface area is 146 Å². The van der Waals surface area contributed by atoms with Crippen molar-refractivity contribution < 1.29 is 4.74 Å².